The second-order valence-corrected chi connectivity index (χ2v) is 5.38. The SMILES string of the molecule is CCCN(CCC)C(=O)CCc1nc(CC(C)NC)no1. The van der Waals surface area contributed by atoms with Gasteiger partial charge in [0.2, 0.25) is 11.8 Å². The van der Waals surface area contributed by atoms with E-state index in [4.69, 9.17) is 4.52 Å². The van der Waals surface area contributed by atoms with Crippen molar-refractivity contribution in [3.8, 4) is 0 Å². The molecule has 1 heterocycles. The Morgan fingerprint density at radius 1 is 1.33 bits per heavy atom. The smallest absolute Gasteiger partial charge is 0.227 e. The summed E-state index contributed by atoms with van der Waals surface area (Å²) in [7, 11) is 1.90. The molecule has 0 aliphatic carbocycles. The lowest BCUT2D eigenvalue weighted by atomic mass is 10.2. The summed E-state index contributed by atoms with van der Waals surface area (Å²) in [4.78, 5) is 18.4. The monoisotopic (exact) mass is 296 g/mol. The highest BCUT2D eigenvalue weighted by molar-refractivity contribution is 5.76. The Balaban J connectivity index is 2.45. The highest BCUT2D eigenvalue weighted by Gasteiger charge is 2.14. The van der Waals surface area contributed by atoms with Crippen LogP contribution in [0.4, 0.5) is 0 Å². The molecule has 0 aromatic carbocycles. The third kappa shape index (κ3) is 6.25. The van der Waals surface area contributed by atoms with Crippen molar-refractivity contribution in [2.45, 2.75) is 58.9 Å². The van der Waals surface area contributed by atoms with Crippen molar-refractivity contribution in [3.05, 3.63) is 11.7 Å². The molecule has 0 saturated carbocycles. The standard InChI is InChI=1S/C15H28N4O2/c1-5-9-19(10-6-2)15(20)8-7-14-17-13(18-21-14)11-12(3)16-4/h12,16H,5-11H2,1-4H3. The molecule has 0 bridgehead atoms. The van der Waals surface area contributed by atoms with Crippen LogP contribution < -0.4 is 5.32 Å². The summed E-state index contributed by atoms with van der Waals surface area (Å²) < 4.78 is 5.20. The maximum atomic E-state index is 12.2. The zero-order valence-corrected chi connectivity index (χ0v) is 13.7. The summed E-state index contributed by atoms with van der Waals surface area (Å²) in [5.74, 6) is 1.41. The van der Waals surface area contributed by atoms with E-state index in [0.717, 1.165) is 32.4 Å². The normalized spacial score (nSPS) is 12.4. The van der Waals surface area contributed by atoms with E-state index in [1.54, 1.807) is 0 Å². The van der Waals surface area contributed by atoms with E-state index in [9.17, 15) is 4.79 Å². The van der Waals surface area contributed by atoms with Crippen LogP contribution in [0.25, 0.3) is 0 Å². The Morgan fingerprint density at radius 2 is 2.00 bits per heavy atom. The van der Waals surface area contributed by atoms with E-state index in [1.165, 1.54) is 0 Å². The summed E-state index contributed by atoms with van der Waals surface area (Å²) in [6.45, 7) is 7.88. The Kier molecular flexibility index (Phi) is 7.97. The van der Waals surface area contributed by atoms with Crippen LogP contribution in [0.1, 0.15) is 51.7 Å². The van der Waals surface area contributed by atoms with E-state index in [2.05, 4.69) is 36.2 Å². The second-order valence-electron chi connectivity index (χ2n) is 5.38. The molecular weight excluding hydrogens is 268 g/mol. The van der Waals surface area contributed by atoms with Gasteiger partial charge in [0.05, 0.1) is 0 Å². The van der Waals surface area contributed by atoms with Gasteiger partial charge in [-0.05, 0) is 26.8 Å². The molecule has 1 amide bonds. The van der Waals surface area contributed by atoms with Gasteiger partial charge in [0.1, 0.15) is 0 Å². The summed E-state index contributed by atoms with van der Waals surface area (Å²) in [6.07, 6.45) is 3.65. The van der Waals surface area contributed by atoms with Crippen LogP contribution in [0.2, 0.25) is 0 Å². The third-order valence-electron chi connectivity index (χ3n) is 3.38. The topological polar surface area (TPSA) is 71.3 Å². The lowest BCUT2D eigenvalue weighted by Gasteiger charge is -2.20. The number of carbonyl (C=O) groups excluding carboxylic acids is 1. The number of hydrogen-bond donors (Lipinski definition) is 1. The van der Waals surface area contributed by atoms with Crippen molar-refractivity contribution in [2.75, 3.05) is 20.1 Å². The summed E-state index contributed by atoms with van der Waals surface area (Å²) in [5, 5.41) is 7.08. The van der Waals surface area contributed by atoms with Gasteiger partial charge in [0.15, 0.2) is 5.82 Å². The molecule has 0 radical (unpaired) electrons. The van der Waals surface area contributed by atoms with Gasteiger partial charge in [-0.1, -0.05) is 19.0 Å². The molecule has 1 aromatic rings. The molecular formula is C15H28N4O2. The molecule has 21 heavy (non-hydrogen) atoms. The van der Waals surface area contributed by atoms with Crippen LogP contribution in [0.5, 0.6) is 0 Å². The third-order valence-corrected chi connectivity index (χ3v) is 3.38. The average Bonchev–Trinajstić information content (AvgIpc) is 2.92. The molecule has 120 valence electrons. The number of likely N-dealkylation sites (N-methyl/N-ethyl adjacent to an activating group) is 1. The minimum absolute atomic E-state index is 0.169. The van der Waals surface area contributed by atoms with E-state index >= 15 is 0 Å². The fourth-order valence-corrected chi connectivity index (χ4v) is 2.12. The number of aryl methyl sites for hydroxylation is 1. The molecule has 1 rings (SSSR count). The first-order valence-electron chi connectivity index (χ1n) is 7.87. The summed E-state index contributed by atoms with van der Waals surface area (Å²) in [6, 6.07) is 0.307. The first-order valence-corrected chi connectivity index (χ1v) is 7.87. The van der Waals surface area contributed by atoms with E-state index in [1.807, 2.05) is 11.9 Å². The number of aromatic nitrogens is 2. The lowest BCUT2D eigenvalue weighted by Crippen LogP contribution is -2.32. The highest BCUT2D eigenvalue weighted by Crippen LogP contribution is 2.06. The van der Waals surface area contributed by atoms with Gasteiger partial charge < -0.3 is 14.7 Å². The fraction of sp³-hybridized carbons (Fsp3) is 0.800. The number of amides is 1. The average molecular weight is 296 g/mol. The van der Waals surface area contributed by atoms with Crippen molar-refractivity contribution >= 4 is 5.91 Å². The highest BCUT2D eigenvalue weighted by atomic mass is 16.5. The molecule has 1 aromatic heterocycles. The van der Waals surface area contributed by atoms with E-state index in [-0.39, 0.29) is 5.91 Å². The molecule has 0 fully saturated rings. The van der Waals surface area contributed by atoms with Gasteiger partial charge in [-0.15, -0.1) is 0 Å². The van der Waals surface area contributed by atoms with E-state index < -0.39 is 0 Å². The Bertz CT molecular complexity index is 414. The molecule has 6 heteroatoms. The molecule has 0 aliphatic heterocycles. The van der Waals surface area contributed by atoms with Crippen LogP contribution in [0.3, 0.4) is 0 Å². The van der Waals surface area contributed by atoms with Crippen LogP contribution in [0.15, 0.2) is 4.52 Å². The lowest BCUT2D eigenvalue weighted by molar-refractivity contribution is -0.131. The minimum atomic E-state index is 0.169. The number of carbonyl (C=O) groups is 1. The van der Waals surface area contributed by atoms with Crippen molar-refractivity contribution < 1.29 is 9.32 Å². The zero-order chi connectivity index (χ0) is 15.7. The maximum Gasteiger partial charge on any atom is 0.227 e. The van der Waals surface area contributed by atoms with Crippen molar-refractivity contribution in [3.63, 3.8) is 0 Å². The van der Waals surface area contributed by atoms with Gasteiger partial charge in [0, 0.05) is 38.4 Å². The predicted molar refractivity (Wildman–Crippen MR) is 82.0 cm³/mol. The fourth-order valence-electron chi connectivity index (χ4n) is 2.12. The van der Waals surface area contributed by atoms with Gasteiger partial charge in [-0.3, -0.25) is 4.79 Å². The molecule has 0 aliphatic rings. The van der Waals surface area contributed by atoms with E-state index in [0.29, 0.717) is 30.6 Å². The Labute approximate surface area is 127 Å². The van der Waals surface area contributed by atoms with Crippen LogP contribution in [-0.2, 0) is 17.6 Å². The van der Waals surface area contributed by atoms with Gasteiger partial charge in [0.25, 0.3) is 0 Å². The maximum absolute atomic E-state index is 12.2. The Morgan fingerprint density at radius 3 is 2.57 bits per heavy atom. The number of nitrogens with one attached hydrogen (secondary N) is 1. The number of nitrogens with zero attached hydrogens (tertiary/aromatic N) is 3. The zero-order valence-electron chi connectivity index (χ0n) is 13.7. The van der Waals surface area contributed by atoms with Gasteiger partial charge in [-0.25, -0.2) is 0 Å². The summed E-state index contributed by atoms with van der Waals surface area (Å²) in [5.41, 5.74) is 0. The first kappa shape index (κ1) is 17.6. The predicted octanol–water partition coefficient (Wildman–Crippen LogP) is 1.80. The molecule has 1 atom stereocenters. The molecule has 6 nitrogen and oxygen atoms in total. The number of rotatable bonds is 10. The largest absolute Gasteiger partial charge is 0.343 e. The Hall–Kier alpha value is -1.43. The van der Waals surface area contributed by atoms with Crippen molar-refractivity contribution in [2.24, 2.45) is 0 Å². The van der Waals surface area contributed by atoms with Crippen LogP contribution in [0, 0.1) is 0 Å². The van der Waals surface area contributed by atoms with Gasteiger partial charge >= 0.3 is 0 Å². The van der Waals surface area contributed by atoms with Crippen molar-refractivity contribution in [1.29, 1.82) is 0 Å². The number of hydrogen-bond acceptors (Lipinski definition) is 5. The van der Waals surface area contributed by atoms with Crippen LogP contribution in [-0.4, -0.2) is 47.1 Å². The van der Waals surface area contributed by atoms with Crippen LogP contribution >= 0.6 is 0 Å². The molecule has 1 unspecified atom stereocenters. The molecule has 0 saturated heterocycles. The summed E-state index contributed by atoms with van der Waals surface area (Å²) >= 11 is 0. The second kappa shape index (κ2) is 9.50. The quantitative estimate of drug-likeness (QED) is 0.713. The van der Waals surface area contributed by atoms with Crippen molar-refractivity contribution in [1.82, 2.24) is 20.4 Å². The molecule has 0 spiro atoms. The van der Waals surface area contributed by atoms with Gasteiger partial charge in [-0.2, -0.15) is 4.98 Å². The molecule has 1 N–H and O–H groups in total. The first-order chi connectivity index (χ1) is 10.1. The minimum Gasteiger partial charge on any atom is -0.343 e.